The number of nitriles is 1. The summed E-state index contributed by atoms with van der Waals surface area (Å²) in [6.07, 6.45) is 2.29. The second-order valence-electron chi connectivity index (χ2n) is 4.13. The average Bonchev–Trinajstić information content (AvgIpc) is 2.45. The lowest BCUT2D eigenvalue weighted by Gasteiger charge is -2.14. The Bertz CT molecular complexity index is 609. The van der Waals surface area contributed by atoms with Gasteiger partial charge in [-0.25, -0.2) is 0 Å². The monoisotopic (exact) mass is 275 g/mol. The number of halogens is 1. The predicted octanol–water partition coefficient (Wildman–Crippen LogP) is 2.42. The molecule has 0 saturated heterocycles. The Kier molecular flexibility index (Phi) is 4.69. The first-order chi connectivity index (χ1) is 9.27. The number of rotatable bonds is 5. The van der Waals surface area contributed by atoms with Gasteiger partial charge in [0.25, 0.3) is 0 Å². The predicted molar refractivity (Wildman–Crippen MR) is 74.8 cm³/mol. The number of benzene rings is 1. The minimum Gasteiger partial charge on any atom is -0.396 e. The highest BCUT2D eigenvalue weighted by atomic mass is 35.5. The summed E-state index contributed by atoms with van der Waals surface area (Å²) in [7, 11) is 0. The van der Waals surface area contributed by atoms with E-state index < -0.39 is 6.04 Å². The number of hydrogen-bond donors (Lipinski definition) is 2. The number of pyridine rings is 1. The summed E-state index contributed by atoms with van der Waals surface area (Å²) in [5.41, 5.74) is 1.54. The SMILES string of the molecule is N#CC(NCCCO)c1ccc(Cl)c2cccnc12. The second-order valence-corrected chi connectivity index (χ2v) is 4.54. The fourth-order valence-electron chi connectivity index (χ4n) is 1.94. The van der Waals surface area contributed by atoms with Crippen LogP contribution in [-0.4, -0.2) is 23.2 Å². The Labute approximate surface area is 116 Å². The number of nitrogens with one attached hydrogen (secondary N) is 1. The number of nitrogens with zero attached hydrogens (tertiary/aromatic N) is 2. The van der Waals surface area contributed by atoms with Crippen LogP contribution in [0.25, 0.3) is 10.9 Å². The van der Waals surface area contributed by atoms with Gasteiger partial charge in [0.2, 0.25) is 0 Å². The zero-order chi connectivity index (χ0) is 13.7. The van der Waals surface area contributed by atoms with Crippen molar-refractivity contribution in [3.8, 4) is 6.07 Å². The van der Waals surface area contributed by atoms with Crippen LogP contribution in [0.4, 0.5) is 0 Å². The summed E-state index contributed by atoms with van der Waals surface area (Å²) in [6.45, 7) is 0.677. The van der Waals surface area contributed by atoms with Gasteiger partial charge in [-0.1, -0.05) is 17.7 Å². The standard InChI is InChI=1S/C14H14ClN3O/c15-12-5-4-11(13(9-16)17-7-2-8-19)14-10(12)3-1-6-18-14/h1,3-6,13,17,19H,2,7-8H2. The molecule has 1 aromatic carbocycles. The van der Waals surface area contributed by atoms with Crippen molar-refractivity contribution in [1.29, 1.82) is 5.26 Å². The first-order valence-electron chi connectivity index (χ1n) is 6.05. The van der Waals surface area contributed by atoms with Crippen LogP contribution in [0.15, 0.2) is 30.5 Å². The highest BCUT2D eigenvalue weighted by Crippen LogP contribution is 2.28. The van der Waals surface area contributed by atoms with Gasteiger partial charge in [-0.2, -0.15) is 5.26 Å². The maximum Gasteiger partial charge on any atom is 0.123 e. The van der Waals surface area contributed by atoms with Crippen molar-refractivity contribution in [1.82, 2.24) is 10.3 Å². The molecule has 0 aliphatic rings. The molecule has 2 N–H and O–H groups in total. The van der Waals surface area contributed by atoms with Crippen molar-refractivity contribution in [2.75, 3.05) is 13.2 Å². The Morgan fingerprint density at radius 2 is 2.26 bits per heavy atom. The molecule has 0 spiro atoms. The number of aliphatic hydroxyl groups excluding tert-OH is 1. The molecule has 0 saturated carbocycles. The molecular weight excluding hydrogens is 262 g/mol. The van der Waals surface area contributed by atoms with Crippen molar-refractivity contribution >= 4 is 22.5 Å². The largest absolute Gasteiger partial charge is 0.396 e. The van der Waals surface area contributed by atoms with Gasteiger partial charge in [0.05, 0.1) is 11.6 Å². The minimum atomic E-state index is -0.457. The number of aliphatic hydroxyl groups is 1. The molecule has 0 fully saturated rings. The summed E-state index contributed by atoms with van der Waals surface area (Å²) in [6, 6.07) is 9.05. The van der Waals surface area contributed by atoms with Crippen LogP contribution >= 0.6 is 11.6 Å². The van der Waals surface area contributed by atoms with E-state index in [4.69, 9.17) is 16.7 Å². The van der Waals surface area contributed by atoms with Gasteiger partial charge in [0, 0.05) is 28.8 Å². The highest BCUT2D eigenvalue weighted by Gasteiger charge is 2.15. The summed E-state index contributed by atoms with van der Waals surface area (Å²) < 4.78 is 0. The van der Waals surface area contributed by atoms with E-state index in [2.05, 4.69) is 16.4 Å². The Balaban J connectivity index is 2.38. The molecule has 0 amide bonds. The van der Waals surface area contributed by atoms with Gasteiger partial charge in [0.1, 0.15) is 6.04 Å². The smallest absolute Gasteiger partial charge is 0.123 e. The van der Waals surface area contributed by atoms with E-state index in [-0.39, 0.29) is 6.61 Å². The molecule has 2 rings (SSSR count). The molecule has 1 unspecified atom stereocenters. The molecule has 98 valence electrons. The van der Waals surface area contributed by atoms with Gasteiger partial charge in [-0.05, 0) is 31.2 Å². The van der Waals surface area contributed by atoms with Gasteiger partial charge >= 0.3 is 0 Å². The third-order valence-electron chi connectivity index (χ3n) is 2.87. The third kappa shape index (κ3) is 3.02. The van der Waals surface area contributed by atoms with Crippen molar-refractivity contribution in [3.05, 3.63) is 41.0 Å². The second kappa shape index (κ2) is 6.48. The Morgan fingerprint density at radius 1 is 1.42 bits per heavy atom. The van der Waals surface area contributed by atoms with Crippen molar-refractivity contribution in [3.63, 3.8) is 0 Å². The third-order valence-corrected chi connectivity index (χ3v) is 3.20. The molecule has 0 radical (unpaired) electrons. The molecule has 2 aromatic rings. The van der Waals surface area contributed by atoms with Crippen molar-refractivity contribution in [2.45, 2.75) is 12.5 Å². The van der Waals surface area contributed by atoms with E-state index >= 15 is 0 Å². The highest BCUT2D eigenvalue weighted by molar-refractivity contribution is 6.35. The van der Waals surface area contributed by atoms with Crippen molar-refractivity contribution < 1.29 is 5.11 Å². The molecule has 0 bridgehead atoms. The van der Waals surface area contributed by atoms with E-state index in [9.17, 15) is 5.26 Å². The summed E-state index contributed by atoms with van der Waals surface area (Å²) in [5, 5.41) is 22.6. The summed E-state index contributed by atoms with van der Waals surface area (Å²) in [4.78, 5) is 4.31. The van der Waals surface area contributed by atoms with Crippen LogP contribution in [0, 0.1) is 11.3 Å². The Morgan fingerprint density at radius 3 is 3.00 bits per heavy atom. The van der Waals surface area contributed by atoms with Crippen LogP contribution in [0.5, 0.6) is 0 Å². The average molecular weight is 276 g/mol. The minimum absolute atomic E-state index is 0.102. The van der Waals surface area contributed by atoms with Crippen LogP contribution in [0.3, 0.4) is 0 Å². The Hall–Kier alpha value is -1.67. The fourth-order valence-corrected chi connectivity index (χ4v) is 2.16. The van der Waals surface area contributed by atoms with Crippen LogP contribution in [0.2, 0.25) is 5.02 Å². The van der Waals surface area contributed by atoms with Crippen LogP contribution in [0.1, 0.15) is 18.0 Å². The molecule has 0 aliphatic carbocycles. The normalized spacial score (nSPS) is 12.3. The molecular formula is C14H14ClN3O. The van der Waals surface area contributed by atoms with Gasteiger partial charge in [0.15, 0.2) is 0 Å². The lowest BCUT2D eigenvalue weighted by molar-refractivity contribution is 0.285. The molecule has 5 heteroatoms. The first kappa shape index (κ1) is 13.8. The summed E-state index contributed by atoms with van der Waals surface area (Å²) in [5.74, 6) is 0. The maximum absolute atomic E-state index is 9.27. The first-order valence-corrected chi connectivity index (χ1v) is 6.42. The lowest BCUT2D eigenvalue weighted by Crippen LogP contribution is -2.22. The number of fused-ring (bicyclic) bond motifs is 1. The van der Waals surface area contributed by atoms with Crippen LogP contribution < -0.4 is 5.32 Å². The van der Waals surface area contributed by atoms with E-state index in [1.54, 1.807) is 12.3 Å². The molecule has 0 aliphatic heterocycles. The number of hydrogen-bond acceptors (Lipinski definition) is 4. The molecule has 1 heterocycles. The summed E-state index contributed by atoms with van der Waals surface area (Å²) >= 11 is 6.13. The molecule has 1 atom stereocenters. The molecule has 1 aromatic heterocycles. The maximum atomic E-state index is 9.27. The van der Waals surface area contributed by atoms with Gasteiger partial charge < -0.3 is 5.11 Å². The molecule has 19 heavy (non-hydrogen) atoms. The topological polar surface area (TPSA) is 68.9 Å². The number of aromatic nitrogens is 1. The van der Waals surface area contributed by atoms with Crippen molar-refractivity contribution in [2.24, 2.45) is 0 Å². The van der Waals surface area contributed by atoms with Gasteiger partial charge in [-0.3, -0.25) is 10.3 Å². The lowest BCUT2D eigenvalue weighted by atomic mass is 10.0. The van der Waals surface area contributed by atoms with E-state index in [0.717, 1.165) is 16.5 Å². The fraction of sp³-hybridized carbons (Fsp3) is 0.286. The van der Waals surface area contributed by atoms with E-state index in [1.165, 1.54) is 0 Å². The zero-order valence-electron chi connectivity index (χ0n) is 10.3. The molecule has 4 nitrogen and oxygen atoms in total. The van der Waals surface area contributed by atoms with E-state index in [1.807, 2.05) is 18.2 Å². The van der Waals surface area contributed by atoms with Crippen LogP contribution in [-0.2, 0) is 0 Å². The quantitative estimate of drug-likeness (QED) is 0.823. The van der Waals surface area contributed by atoms with E-state index in [0.29, 0.717) is 18.0 Å². The van der Waals surface area contributed by atoms with Gasteiger partial charge in [-0.15, -0.1) is 0 Å². The zero-order valence-corrected chi connectivity index (χ0v) is 11.1.